The molecule has 1 aliphatic heterocycles. The van der Waals surface area contributed by atoms with Crippen LogP contribution in [0.25, 0.3) is 22.6 Å². The number of ether oxygens (including phenoxy) is 1. The third-order valence-electron chi connectivity index (χ3n) is 8.49. The van der Waals surface area contributed by atoms with Crippen molar-refractivity contribution < 1.29 is 9.53 Å². The van der Waals surface area contributed by atoms with E-state index >= 15 is 0 Å². The molecule has 1 saturated heterocycles. The van der Waals surface area contributed by atoms with Crippen molar-refractivity contribution in [1.82, 2.24) is 19.0 Å². The zero-order valence-electron chi connectivity index (χ0n) is 22.2. The van der Waals surface area contributed by atoms with Gasteiger partial charge in [-0.05, 0) is 61.2 Å². The van der Waals surface area contributed by atoms with Crippen LogP contribution in [0.2, 0.25) is 0 Å². The number of hydrogen-bond acceptors (Lipinski definition) is 5. The van der Waals surface area contributed by atoms with Gasteiger partial charge in [0.25, 0.3) is 5.91 Å². The first-order valence-corrected chi connectivity index (χ1v) is 13.2. The van der Waals surface area contributed by atoms with Crippen LogP contribution in [0.1, 0.15) is 41.6 Å². The molecule has 2 aliphatic rings. The summed E-state index contributed by atoms with van der Waals surface area (Å²) >= 11 is 0. The van der Waals surface area contributed by atoms with Gasteiger partial charge in [-0.3, -0.25) is 4.79 Å². The summed E-state index contributed by atoms with van der Waals surface area (Å²) in [7, 11) is 3.61. The number of imidazole rings is 1. The number of carbonyl (C=O) groups is 1. The monoisotopic (exact) mass is 510 g/mol. The molecule has 2 fully saturated rings. The van der Waals surface area contributed by atoms with Crippen LogP contribution in [0.15, 0.2) is 59.6 Å². The highest BCUT2D eigenvalue weighted by atomic mass is 16.5. The largest absolute Gasteiger partial charge is 0.494 e. The number of methoxy groups -OCH3 is 1. The minimum absolute atomic E-state index is 0.00161. The molecule has 4 atom stereocenters. The molecule has 2 aromatic heterocycles. The molecule has 6 rings (SSSR count). The van der Waals surface area contributed by atoms with Gasteiger partial charge in [-0.2, -0.15) is 0 Å². The number of aryl methyl sites for hydroxylation is 1. The quantitative estimate of drug-likeness (QED) is 0.363. The third kappa shape index (κ3) is 3.82. The highest BCUT2D eigenvalue weighted by Crippen LogP contribution is 2.39. The average molecular weight is 511 g/mol. The zero-order chi connectivity index (χ0) is 26.6. The maximum atomic E-state index is 13.6. The summed E-state index contributed by atoms with van der Waals surface area (Å²) in [4.78, 5) is 24.8. The van der Waals surface area contributed by atoms with Crippen LogP contribution in [-0.2, 0) is 13.6 Å². The van der Waals surface area contributed by atoms with Gasteiger partial charge < -0.3 is 24.5 Å². The lowest BCUT2D eigenvalue weighted by Crippen LogP contribution is -2.41. The summed E-state index contributed by atoms with van der Waals surface area (Å²) in [5.41, 5.74) is 10.7. The highest BCUT2D eigenvalue weighted by Gasteiger charge is 2.47. The van der Waals surface area contributed by atoms with E-state index in [2.05, 4.69) is 47.5 Å². The van der Waals surface area contributed by atoms with Gasteiger partial charge >= 0.3 is 0 Å². The maximum Gasteiger partial charge on any atom is 0.254 e. The Balaban J connectivity index is 1.40. The number of amides is 1. The van der Waals surface area contributed by atoms with Gasteiger partial charge in [0.15, 0.2) is 5.82 Å². The van der Waals surface area contributed by atoms with E-state index in [1.807, 2.05) is 46.8 Å². The van der Waals surface area contributed by atoms with Gasteiger partial charge in [-0.25, -0.2) is 9.98 Å². The van der Waals surface area contributed by atoms with E-state index in [4.69, 9.17) is 15.5 Å². The Labute approximate surface area is 222 Å². The van der Waals surface area contributed by atoms with E-state index in [9.17, 15) is 4.79 Å². The Morgan fingerprint density at radius 1 is 1.21 bits per heavy atom. The maximum absolute atomic E-state index is 13.6. The van der Waals surface area contributed by atoms with Crippen LogP contribution in [0.3, 0.4) is 0 Å². The van der Waals surface area contributed by atoms with Crippen LogP contribution in [-0.4, -0.2) is 57.4 Å². The van der Waals surface area contributed by atoms with Gasteiger partial charge in [0.05, 0.1) is 18.3 Å². The molecule has 8 heteroatoms. The molecular formula is C30H34N6O2. The number of aromatic nitrogens is 3. The van der Waals surface area contributed by atoms with Crippen molar-refractivity contribution in [3.05, 3.63) is 65.7 Å². The lowest BCUT2D eigenvalue weighted by molar-refractivity contribution is 0.0700. The first-order chi connectivity index (χ1) is 18.4. The predicted molar refractivity (Wildman–Crippen MR) is 150 cm³/mol. The molecule has 0 radical (unpaired) electrons. The minimum Gasteiger partial charge on any atom is -0.494 e. The number of hydrogen-bond donors (Lipinski definition) is 1. The molecule has 0 unspecified atom stereocenters. The normalized spacial score (nSPS) is 21.3. The van der Waals surface area contributed by atoms with E-state index < -0.39 is 0 Å². The first-order valence-electron chi connectivity index (χ1n) is 13.2. The molecule has 2 aromatic carbocycles. The number of likely N-dealkylation sites (tertiary alicyclic amines) is 1. The standard InChI is InChI=1S/C30H34N6O2/c1-18(19-8-6-5-7-9-19)16-35-24(12-13-26(35)32-2)29-33-22-14-21(15-25(38-4)28(22)34(29)3)30(37)36-17-20-10-11-23(36)27(20)31/h5-9,12-15,18,20,23,27H,2,10-11,16-17,31H2,1,3-4H3/t18-,20-,23-,27-/m1/s1. The molecule has 1 aliphatic carbocycles. The summed E-state index contributed by atoms with van der Waals surface area (Å²) in [6.07, 6.45) is 2.08. The van der Waals surface area contributed by atoms with Crippen molar-refractivity contribution in [3.63, 3.8) is 0 Å². The number of rotatable bonds is 7. The summed E-state index contributed by atoms with van der Waals surface area (Å²) < 4.78 is 9.97. The van der Waals surface area contributed by atoms with Crippen molar-refractivity contribution in [1.29, 1.82) is 0 Å². The first kappa shape index (κ1) is 24.4. The molecule has 2 N–H and O–H groups in total. The molecule has 2 bridgehead atoms. The molecule has 0 spiro atoms. The SMILES string of the molecule is C=Nc1ccc(-c2nc3cc(C(=O)N4C[C@H]5CC[C@@H]4[C@@H]5N)cc(OC)c3n2C)n1C[C@@H](C)c1ccccc1. The Morgan fingerprint density at radius 3 is 2.66 bits per heavy atom. The second-order valence-corrected chi connectivity index (χ2v) is 10.6. The summed E-state index contributed by atoms with van der Waals surface area (Å²) in [6.45, 7) is 7.45. The van der Waals surface area contributed by atoms with E-state index in [1.54, 1.807) is 7.11 Å². The fourth-order valence-corrected chi connectivity index (χ4v) is 6.41. The third-order valence-corrected chi connectivity index (χ3v) is 8.49. The Bertz CT molecular complexity index is 1520. The predicted octanol–water partition coefficient (Wildman–Crippen LogP) is 4.75. The van der Waals surface area contributed by atoms with Crippen molar-refractivity contribution in [2.75, 3.05) is 13.7 Å². The molecule has 8 nitrogen and oxygen atoms in total. The number of carbonyl (C=O) groups excluding carboxylic acids is 1. The van der Waals surface area contributed by atoms with Crippen LogP contribution in [0.4, 0.5) is 5.82 Å². The number of piperidine rings is 1. The number of benzene rings is 2. The van der Waals surface area contributed by atoms with Crippen molar-refractivity contribution in [3.8, 4) is 17.3 Å². The minimum atomic E-state index is -0.00161. The average Bonchev–Trinajstić information content (AvgIpc) is 3.69. The second kappa shape index (κ2) is 9.44. The van der Waals surface area contributed by atoms with E-state index in [-0.39, 0.29) is 23.9 Å². The topological polar surface area (TPSA) is 90.7 Å². The Morgan fingerprint density at radius 2 is 2.00 bits per heavy atom. The highest BCUT2D eigenvalue weighted by molar-refractivity contribution is 6.00. The fraction of sp³-hybridized carbons (Fsp3) is 0.367. The summed E-state index contributed by atoms with van der Waals surface area (Å²) in [6, 6.07) is 18.4. The van der Waals surface area contributed by atoms with Crippen molar-refractivity contribution in [2.45, 2.75) is 44.3 Å². The molecule has 1 saturated carbocycles. The summed E-state index contributed by atoms with van der Waals surface area (Å²) in [5.74, 6) is 2.85. The number of fused-ring (bicyclic) bond motifs is 3. The smallest absolute Gasteiger partial charge is 0.254 e. The fourth-order valence-electron chi connectivity index (χ4n) is 6.41. The van der Waals surface area contributed by atoms with E-state index in [0.717, 1.165) is 54.3 Å². The molecular weight excluding hydrogens is 476 g/mol. The van der Waals surface area contributed by atoms with E-state index in [0.29, 0.717) is 17.2 Å². The van der Waals surface area contributed by atoms with Gasteiger partial charge in [0.1, 0.15) is 17.1 Å². The lowest BCUT2D eigenvalue weighted by atomic mass is 10.0. The van der Waals surface area contributed by atoms with Crippen LogP contribution < -0.4 is 10.5 Å². The number of nitrogens with zero attached hydrogens (tertiary/aromatic N) is 5. The lowest BCUT2D eigenvalue weighted by Gasteiger charge is -2.27. The van der Waals surface area contributed by atoms with Crippen LogP contribution in [0.5, 0.6) is 5.75 Å². The van der Waals surface area contributed by atoms with Gasteiger partial charge in [0, 0.05) is 37.8 Å². The van der Waals surface area contributed by atoms with Gasteiger partial charge in [-0.1, -0.05) is 37.3 Å². The zero-order valence-corrected chi connectivity index (χ0v) is 22.2. The molecule has 4 aromatic rings. The molecule has 38 heavy (non-hydrogen) atoms. The molecule has 1 amide bonds. The van der Waals surface area contributed by atoms with Gasteiger partial charge in [-0.15, -0.1) is 0 Å². The second-order valence-electron chi connectivity index (χ2n) is 10.6. The summed E-state index contributed by atoms with van der Waals surface area (Å²) in [5, 5.41) is 0. The number of aliphatic imine (C=N–C) groups is 1. The molecule has 196 valence electrons. The molecule has 3 heterocycles. The van der Waals surface area contributed by atoms with Crippen LogP contribution >= 0.6 is 0 Å². The number of nitrogens with two attached hydrogens (primary N) is 1. The van der Waals surface area contributed by atoms with Crippen molar-refractivity contribution >= 4 is 29.5 Å². The Hall–Kier alpha value is -3.91. The van der Waals surface area contributed by atoms with E-state index in [1.165, 1.54) is 5.56 Å². The van der Waals surface area contributed by atoms with Crippen LogP contribution in [0, 0.1) is 5.92 Å². The van der Waals surface area contributed by atoms with Crippen molar-refractivity contribution in [2.24, 2.45) is 23.7 Å². The Kier molecular flexibility index (Phi) is 6.07. The van der Waals surface area contributed by atoms with Gasteiger partial charge in [0.2, 0.25) is 0 Å².